The third-order valence-electron chi connectivity index (χ3n) is 5.62. The quantitative estimate of drug-likeness (QED) is 0.467. The summed E-state index contributed by atoms with van der Waals surface area (Å²) in [6.07, 6.45) is 2.37. The number of ether oxygens (including phenoxy) is 2. The maximum Gasteiger partial charge on any atom is 0.110 e. The number of imidazole rings is 2. The molecule has 0 spiro atoms. The first-order chi connectivity index (χ1) is 13.8. The second-order valence-corrected chi connectivity index (χ2v) is 7.67. The van der Waals surface area contributed by atoms with Crippen LogP contribution in [0.5, 0.6) is 0 Å². The van der Waals surface area contributed by atoms with E-state index in [4.69, 9.17) is 19.4 Å². The molecule has 0 bridgehead atoms. The van der Waals surface area contributed by atoms with Crippen LogP contribution in [0.15, 0.2) is 48.5 Å². The average molecular weight is 374 g/mol. The van der Waals surface area contributed by atoms with Crippen LogP contribution in [-0.4, -0.2) is 44.5 Å². The van der Waals surface area contributed by atoms with E-state index < -0.39 is 0 Å². The SMILES string of the molecule is c1ccc2c(c1)nc(CCc1nc3ccccc3n1CC1CO1)n2CC1CO1. The van der Waals surface area contributed by atoms with Gasteiger partial charge < -0.3 is 18.6 Å². The van der Waals surface area contributed by atoms with E-state index >= 15 is 0 Å². The van der Waals surface area contributed by atoms with Gasteiger partial charge in [0.1, 0.15) is 11.6 Å². The van der Waals surface area contributed by atoms with Crippen molar-refractivity contribution >= 4 is 22.1 Å². The predicted molar refractivity (Wildman–Crippen MR) is 106 cm³/mol. The lowest BCUT2D eigenvalue weighted by molar-refractivity contribution is 0.380. The lowest BCUT2D eigenvalue weighted by Gasteiger charge is -2.09. The van der Waals surface area contributed by atoms with Gasteiger partial charge in [-0.25, -0.2) is 9.97 Å². The smallest absolute Gasteiger partial charge is 0.110 e. The summed E-state index contributed by atoms with van der Waals surface area (Å²) in [5.41, 5.74) is 4.48. The molecule has 2 saturated heterocycles. The van der Waals surface area contributed by atoms with Crippen molar-refractivity contribution in [2.75, 3.05) is 13.2 Å². The van der Waals surface area contributed by atoms with Gasteiger partial charge in [-0.1, -0.05) is 24.3 Å². The fraction of sp³-hybridized carbons (Fsp3) is 0.364. The number of nitrogens with zero attached hydrogens (tertiary/aromatic N) is 4. The lowest BCUT2D eigenvalue weighted by Crippen LogP contribution is -2.12. The molecule has 2 aromatic heterocycles. The maximum absolute atomic E-state index is 5.48. The first-order valence-corrected chi connectivity index (χ1v) is 9.96. The number of aromatic nitrogens is 4. The predicted octanol–water partition coefficient (Wildman–Crippen LogP) is 2.97. The number of aryl methyl sites for hydroxylation is 2. The van der Waals surface area contributed by atoms with Crippen LogP contribution in [0.25, 0.3) is 22.1 Å². The molecule has 2 aliphatic rings. The van der Waals surface area contributed by atoms with E-state index in [-0.39, 0.29) is 0 Å². The molecule has 142 valence electrons. The minimum atomic E-state index is 0.327. The largest absolute Gasteiger partial charge is 0.371 e. The van der Waals surface area contributed by atoms with Gasteiger partial charge in [-0.05, 0) is 24.3 Å². The normalized spacial score (nSPS) is 20.9. The van der Waals surface area contributed by atoms with Crippen LogP contribution in [0.4, 0.5) is 0 Å². The van der Waals surface area contributed by atoms with Crippen LogP contribution >= 0.6 is 0 Å². The van der Waals surface area contributed by atoms with Crippen LogP contribution in [0.1, 0.15) is 11.6 Å². The molecule has 2 atom stereocenters. The van der Waals surface area contributed by atoms with Crippen LogP contribution < -0.4 is 0 Å². The van der Waals surface area contributed by atoms with Gasteiger partial charge in [0, 0.05) is 12.8 Å². The van der Waals surface area contributed by atoms with Gasteiger partial charge in [-0.2, -0.15) is 0 Å². The van der Waals surface area contributed by atoms with Crippen LogP contribution in [0, 0.1) is 0 Å². The van der Waals surface area contributed by atoms with Crippen molar-refractivity contribution in [1.29, 1.82) is 0 Å². The van der Waals surface area contributed by atoms with Crippen LogP contribution in [0.2, 0.25) is 0 Å². The molecule has 2 aliphatic heterocycles. The number of hydrogen-bond donors (Lipinski definition) is 0. The van der Waals surface area contributed by atoms with E-state index in [1.54, 1.807) is 0 Å². The summed E-state index contributed by atoms with van der Waals surface area (Å²) < 4.78 is 15.6. The molecule has 2 fully saturated rings. The summed E-state index contributed by atoms with van der Waals surface area (Å²) in [6.45, 7) is 3.45. The zero-order chi connectivity index (χ0) is 18.5. The summed E-state index contributed by atoms with van der Waals surface area (Å²) in [7, 11) is 0. The summed E-state index contributed by atoms with van der Waals surface area (Å²) in [4.78, 5) is 9.82. The van der Waals surface area contributed by atoms with Gasteiger partial charge in [0.15, 0.2) is 0 Å². The maximum atomic E-state index is 5.48. The standard InChI is InChI=1S/C22H22N4O2/c1-3-7-19-17(5-1)23-21(25(19)11-15-13-27-15)9-10-22-24-18-6-2-4-8-20(18)26(22)12-16-14-28-16/h1-8,15-16H,9-14H2. The Morgan fingerprint density at radius 1 is 0.714 bits per heavy atom. The van der Waals surface area contributed by atoms with Gasteiger partial charge >= 0.3 is 0 Å². The van der Waals surface area contributed by atoms with E-state index in [2.05, 4.69) is 45.5 Å². The molecule has 0 radical (unpaired) electrons. The van der Waals surface area contributed by atoms with Gasteiger partial charge in [-0.3, -0.25) is 0 Å². The molecule has 2 unspecified atom stereocenters. The molecule has 28 heavy (non-hydrogen) atoms. The highest BCUT2D eigenvalue weighted by atomic mass is 16.6. The Morgan fingerprint density at radius 3 is 1.57 bits per heavy atom. The number of epoxide rings is 2. The molecular weight excluding hydrogens is 352 g/mol. The van der Waals surface area contributed by atoms with Crippen LogP contribution in [-0.2, 0) is 35.4 Å². The third kappa shape index (κ3) is 2.99. The lowest BCUT2D eigenvalue weighted by atomic mass is 10.2. The molecule has 0 amide bonds. The van der Waals surface area contributed by atoms with Gasteiger partial charge in [0.05, 0.1) is 60.6 Å². The molecule has 0 N–H and O–H groups in total. The van der Waals surface area contributed by atoms with E-state index in [9.17, 15) is 0 Å². The molecule has 0 aliphatic carbocycles. The van der Waals surface area contributed by atoms with E-state index in [0.717, 1.165) is 61.8 Å². The summed E-state index contributed by atoms with van der Waals surface area (Å²) >= 11 is 0. The molecular formula is C22H22N4O2. The second-order valence-electron chi connectivity index (χ2n) is 7.67. The highest BCUT2D eigenvalue weighted by molar-refractivity contribution is 5.76. The van der Waals surface area contributed by atoms with Crippen molar-refractivity contribution in [2.45, 2.75) is 38.1 Å². The molecule has 2 aromatic carbocycles. The Labute approximate surface area is 162 Å². The van der Waals surface area contributed by atoms with E-state index in [1.165, 1.54) is 11.0 Å². The first kappa shape index (κ1) is 16.3. The molecule has 6 rings (SSSR count). The molecule has 4 aromatic rings. The minimum Gasteiger partial charge on any atom is -0.371 e. The molecule has 4 heterocycles. The molecule has 6 nitrogen and oxygen atoms in total. The number of rotatable bonds is 7. The van der Waals surface area contributed by atoms with Crippen molar-refractivity contribution in [1.82, 2.24) is 19.1 Å². The van der Waals surface area contributed by atoms with Crippen LogP contribution in [0.3, 0.4) is 0 Å². The summed E-state index contributed by atoms with van der Waals surface area (Å²) in [6, 6.07) is 16.7. The second kappa shape index (κ2) is 6.43. The molecule has 6 heteroatoms. The third-order valence-corrected chi connectivity index (χ3v) is 5.62. The molecule has 0 saturated carbocycles. The van der Waals surface area contributed by atoms with E-state index in [1.807, 2.05) is 12.1 Å². The Kier molecular flexibility index (Phi) is 3.74. The Hall–Kier alpha value is -2.70. The van der Waals surface area contributed by atoms with Crippen molar-refractivity contribution in [3.8, 4) is 0 Å². The van der Waals surface area contributed by atoms with Gasteiger partial charge in [-0.15, -0.1) is 0 Å². The fourth-order valence-corrected chi connectivity index (χ4v) is 4.02. The van der Waals surface area contributed by atoms with Crippen molar-refractivity contribution in [2.24, 2.45) is 0 Å². The monoisotopic (exact) mass is 374 g/mol. The van der Waals surface area contributed by atoms with Crippen molar-refractivity contribution in [3.05, 3.63) is 60.2 Å². The minimum absolute atomic E-state index is 0.327. The average Bonchev–Trinajstić information content (AvgIpc) is 3.63. The number of benzene rings is 2. The topological polar surface area (TPSA) is 60.7 Å². The number of para-hydroxylation sites is 4. The van der Waals surface area contributed by atoms with Gasteiger partial charge in [0.2, 0.25) is 0 Å². The zero-order valence-corrected chi connectivity index (χ0v) is 15.6. The highest BCUT2D eigenvalue weighted by Crippen LogP contribution is 2.24. The van der Waals surface area contributed by atoms with Crippen molar-refractivity contribution in [3.63, 3.8) is 0 Å². The fourth-order valence-electron chi connectivity index (χ4n) is 4.02. The highest BCUT2D eigenvalue weighted by Gasteiger charge is 2.27. The van der Waals surface area contributed by atoms with E-state index in [0.29, 0.717) is 12.2 Å². The summed E-state index contributed by atoms with van der Waals surface area (Å²) in [5, 5.41) is 0. The van der Waals surface area contributed by atoms with Crippen molar-refractivity contribution < 1.29 is 9.47 Å². The zero-order valence-electron chi connectivity index (χ0n) is 15.6. The number of hydrogen-bond acceptors (Lipinski definition) is 4. The Morgan fingerprint density at radius 2 is 1.14 bits per heavy atom. The Bertz CT molecular complexity index is 1060. The number of fused-ring (bicyclic) bond motifs is 2. The first-order valence-electron chi connectivity index (χ1n) is 9.96. The Balaban J connectivity index is 1.33. The van der Waals surface area contributed by atoms with Gasteiger partial charge in [0.25, 0.3) is 0 Å². The summed E-state index contributed by atoms with van der Waals surface area (Å²) in [5.74, 6) is 2.22.